The van der Waals surface area contributed by atoms with Crippen LogP contribution in [0, 0.1) is 6.92 Å². The van der Waals surface area contributed by atoms with Gasteiger partial charge in [0.25, 0.3) is 0 Å². The average molecular weight is 460 g/mol. The highest BCUT2D eigenvalue weighted by Gasteiger charge is 2.19. The van der Waals surface area contributed by atoms with E-state index in [1.165, 1.54) is 37.6 Å². The van der Waals surface area contributed by atoms with Crippen molar-refractivity contribution in [2.75, 3.05) is 26.0 Å². The first-order valence-corrected chi connectivity index (χ1v) is 12.0. The molecule has 0 radical (unpaired) electrons. The summed E-state index contributed by atoms with van der Waals surface area (Å²) < 4.78 is 31.3. The second kappa shape index (κ2) is 9.59. The molecule has 0 atom stereocenters. The third-order valence-corrected chi connectivity index (χ3v) is 7.32. The molecule has 1 aromatic heterocycles. The van der Waals surface area contributed by atoms with Crippen LogP contribution in [0.25, 0.3) is 10.6 Å². The zero-order chi connectivity index (χ0) is 22.6. The predicted octanol–water partition coefficient (Wildman–Crippen LogP) is 3.95. The van der Waals surface area contributed by atoms with Gasteiger partial charge in [0, 0.05) is 30.7 Å². The molecule has 31 heavy (non-hydrogen) atoms. The number of ether oxygens (including phenoxy) is 1. The maximum absolute atomic E-state index is 12.6. The number of sulfonamides is 1. The maximum atomic E-state index is 12.6. The van der Waals surface area contributed by atoms with E-state index in [1.807, 2.05) is 43.5 Å². The highest BCUT2D eigenvalue weighted by Crippen LogP contribution is 2.26. The minimum Gasteiger partial charge on any atom is -0.494 e. The van der Waals surface area contributed by atoms with Gasteiger partial charge in [-0.2, -0.15) is 0 Å². The number of amides is 1. The monoisotopic (exact) mass is 459 g/mol. The Kier molecular flexibility index (Phi) is 7.09. The number of anilines is 1. The molecule has 0 aliphatic carbocycles. The SMILES string of the molecule is CCOc1ccc(-c2nc(CC(=O)Nc3cc(S(=O)(=O)N(C)C)ccc3C)cs2)cc1. The number of carbonyl (C=O) groups is 1. The summed E-state index contributed by atoms with van der Waals surface area (Å²) in [6.45, 7) is 4.36. The zero-order valence-corrected chi connectivity index (χ0v) is 19.5. The van der Waals surface area contributed by atoms with E-state index in [0.717, 1.165) is 26.2 Å². The minimum absolute atomic E-state index is 0.0949. The molecule has 0 saturated heterocycles. The fraction of sp³-hybridized carbons (Fsp3) is 0.273. The highest BCUT2D eigenvalue weighted by atomic mass is 32.2. The van der Waals surface area contributed by atoms with Crippen molar-refractivity contribution < 1.29 is 17.9 Å². The molecule has 0 spiro atoms. The summed E-state index contributed by atoms with van der Waals surface area (Å²) in [5.41, 5.74) is 2.85. The van der Waals surface area contributed by atoms with Crippen LogP contribution in [0.5, 0.6) is 5.75 Å². The number of carbonyl (C=O) groups excluding carboxylic acids is 1. The third kappa shape index (κ3) is 5.49. The van der Waals surface area contributed by atoms with Gasteiger partial charge >= 0.3 is 0 Å². The molecule has 2 aromatic carbocycles. The predicted molar refractivity (Wildman–Crippen MR) is 123 cm³/mol. The van der Waals surface area contributed by atoms with Gasteiger partial charge in [-0.05, 0) is 55.8 Å². The summed E-state index contributed by atoms with van der Waals surface area (Å²) in [6, 6.07) is 12.4. The lowest BCUT2D eigenvalue weighted by Crippen LogP contribution is -2.22. The number of aromatic nitrogens is 1. The van der Waals surface area contributed by atoms with Crippen LogP contribution < -0.4 is 10.1 Å². The molecule has 0 saturated carbocycles. The summed E-state index contributed by atoms with van der Waals surface area (Å²) >= 11 is 1.47. The number of rotatable bonds is 8. The van der Waals surface area contributed by atoms with Crippen molar-refractivity contribution in [1.82, 2.24) is 9.29 Å². The van der Waals surface area contributed by atoms with Gasteiger partial charge in [0.2, 0.25) is 15.9 Å². The Bertz CT molecular complexity index is 1170. The Labute approximate surface area is 186 Å². The van der Waals surface area contributed by atoms with E-state index < -0.39 is 10.0 Å². The minimum atomic E-state index is -3.58. The third-order valence-electron chi connectivity index (χ3n) is 4.57. The first-order chi connectivity index (χ1) is 14.7. The molecule has 0 aliphatic rings. The molecule has 0 unspecified atom stereocenters. The highest BCUT2D eigenvalue weighted by molar-refractivity contribution is 7.89. The molecular formula is C22H25N3O4S2. The number of thiazole rings is 1. The molecule has 3 aromatic rings. The van der Waals surface area contributed by atoms with E-state index in [1.54, 1.807) is 6.07 Å². The molecule has 164 valence electrons. The molecule has 3 rings (SSSR count). The lowest BCUT2D eigenvalue weighted by Gasteiger charge is -2.14. The first-order valence-electron chi connectivity index (χ1n) is 9.71. The van der Waals surface area contributed by atoms with E-state index >= 15 is 0 Å². The van der Waals surface area contributed by atoms with Gasteiger partial charge in [0.15, 0.2) is 0 Å². The second-order valence-corrected chi connectivity index (χ2v) is 10.1. The second-order valence-electron chi connectivity index (χ2n) is 7.09. The van der Waals surface area contributed by atoms with Crippen molar-refractivity contribution in [2.45, 2.75) is 25.2 Å². The van der Waals surface area contributed by atoms with Crippen LogP contribution in [0.1, 0.15) is 18.2 Å². The van der Waals surface area contributed by atoms with Gasteiger partial charge in [0.1, 0.15) is 10.8 Å². The van der Waals surface area contributed by atoms with Crippen molar-refractivity contribution in [3.8, 4) is 16.3 Å². The Morgan fingerprint density at radius 1 is 1.16 bits per heavy atom. The molecule has 9 heteroatoms. The van der Waals surface area contributed by atoms with Crippen molar-refractivity contribution in [2.24, 2.45) is 0 Å². The summed E-state index contributed by atoms with van der Waals surface area (Å²) in [6.07, 6.45) is 0.0949. The van der Waals surface area contributed by atoms with Crippen molar-refractivity contribution >= 4 is 33.0 Å². The van der Waals surface area contributed by atoms with E-state index in [2.05, 4.69) is 10.3 Å². The van der Waals surface area contributed by atoms with Crippen molar-refractivity contribution in [3.63, 3.8) is 0 Å². The Hall–Kier alpha value is -2.75. The fourth-order valence-electron chi connectivity index (χ4n) is 2.85. The number of hydrogen-bond acceptors (Lipinski definition) is 6. The van der Waals surface area contributed by atoms with Crippen molar-refractivity contribution in [1.29, 1.82) is 0 Å². The van der Waals surface area contributed by atoms with Gasteiger partial charge in [-0.1, -0.05) is 6.07 Å². The van der Waals surface area contributed by atoms with E-state index in [9.17, 15) is 13.2 Å². The summed E-state index contributed by atoms with van der Waals surface area (Å²) in [5, 5.41) is 5.48. The Morgan fingerprint density at radius 3 is 2.52 bits per heavy atom. The number of benzene rings is 2. The quantitative estimate of drug-likeness (QED) is 0.551. The number of aryl methyl sites for hydroxylation is 1. The summed E-state index contributed by atoms with van der Waals surface area (Å²) in [7, 11) is -0.643. The molecule has 1 heterocycles. The number of nitrogens with one attached hydrogen (secondary N) is 1. The Morgan fingerprint density at radius 2 is 1.87 bits per heavy atom. The Balaban J connectivity index is 1.71. The van der Waals surface area contributed by atoms with Crippen LogP contribution in [-0.4, -0.2) is 44.3 Å². The molecule has 7 nitrogen and oxygen atoms in total. The standard InChI is InChI=1S/C22H25N3O4S2/c1-5-29-18-9-7-16(8-10-18)22-23-17(14-30-22)12-21(26)24-20-13-19(11-6-15(20)2)31(27,28)25(3)4/h6-11,13-14H,5,12H2,1-4H3,(H,24,26). The van der Waals surface area contributed by atoms with Gasteiger partial charge < -0.3 is 10.1 Å². The van der Waals surface area contributed by atoms with Crippen LogP contribution in [0.4, 0.5) is 5.69 Å². The van der Waals surface area contributed by atoms with Crippen molar-refractivity contribution in [3.05, 3.63) is 59.1 Å². The van der Waals surface area contributed by atoms with Crippen LogP contribution in [0.15, 0.2) is 52.7 Å². The maximum Gasteiger partial charge on any atom is 0.242 e. The van der Waals surface area contributed by atoms with Gasteiger partial charge in [-0.15, -0.1) is 11.3 Å². The molecule has 0 bridgehead atoms. The largest absolute Gasteiger partial charge is 0.494 e. The molecule has 0 aliphatic heterocycles. The topological polar surface area (TPSA) is 88.6 Å². The van der Waals surface area contributed by atoms with Crippen LogP contribution in [0.3, 0.4) is 0 Å². The fourth-order valence-corrected chi connectivity index (χ4v) is 4.60. The normalized spacial score (nSPS) is 11.5. The molecule has 1 N–H and O–H groups in total. The average Bonchev–Trinajstić information content (AvgIpc) is 3.18. The smallest absolute Gasteiger partial charge is 0.242 e. The lowest BCUT2D eigenvalue weighted by atomic mass is 10.2. The van der Waals surface area contributed by atoms with Gasteiger partial charge in [-0.3, -0.25) is 4.79 Å². The van der Waals surface area contributed by atoms with Crippen LogP contribution >= 0.6 is 11.3 Å². The van der Waals surface area contributed by atoms with E-state index in [0.29, 0.717) is 18.0 Å². The zero-order valence-electron chi connectivity index (χ0n) is 17.9. The molecule has 1 amide bonds. The number of hydrogen-bond donors (Lipinski definition) is 1. The van der Waals surface area contributed by atoms with Crippen LogP contribution in [0.2, 0.25) is 0 Å². The van der Waals surface area contributed by atoms with Gasteiger partial charge in [-0.25, -0.2) is 17.7 Å². The molecular weight excluding hydrogens is 434 g/mol. The molecule has 0 fully saturated rings. The number of nitrogens with zero attached hydrogens (tertiary/aromatic N) is 2. The van der Waals surface area contributed by atoms with E-state index in [-0.39, 0.29) is 17.2 Å². The van der Waals surface area contributed by atoms with E-state index in [4.69, 9.17) is 4.74 Å². The van der Waals surface area contributed by atoms with Crippen LogP contribution in [-0.2, 0) is 21.2 Å². The summed E-state index contributed by atoms with van der Waals surface area (Å²) in [5.74, 6) is 0.544. The summed E-state index contributed by atoms with van der Waals surface area (Å²) in [4.78, 5) is 17.3. The first kappa shape index (κ1) is 22.9. The lowest BCUT2D eigenvalue weighted by molar-refractivity contribution is -0.115. The van der Waals surface area contributed by atoms with Gasteiger partial charge in [0.05, 0.1) is 23.6 Å².